The van der Waals surface area contributed by atoms with Crippen LogP contribution in [0, 0.1) is 0 Å². The molecule has 0 aliphatic carbocycles. The predicted molar refractivity (Wildman–Crippen MR) is 66.0 cm³/mol. The second kappa shape index (κ2) is 6.25. The Kier molecular flexibility index (Phi) is 4.97. The molecule has 3 N–H and O–H groups in total. The van der Waals surface area contributed by atoms with E-state index < -0.39 is 11.5 Å². The second-order valence-electron chi connectivity index (χ2n) is 4.08. The van der Waals surface area contributed by atoms with Gasteiger partial charge in [-0.1, -0.05) is 25.1 Å². The molecule has 0 saturated heterocycles. The van der Waals surface area contributed by atoms with Crippen LogP contribution in [0.4, 0.5) is 0 Å². The SMILES string of the molecule is CCC(N)(CCCOc1ccccc1)C(=O)O. The van der Waals surface area contributed by atoms with Crippen LogP contribution in [0.25, 0.3) is 0 Å². The van der Waals surface area contributed by atoms with Gasteiger partial charge in [0.15, 0.2) is 0 Å². The topological polar surface area (TPSA) is 72.5 Å². The van der Waals surface area contributed by atoms with Gasteiger partial charge in [0.2, 0.25) is 0 Å². The lowest BCUT2D eigenvalue weighted by Gasteiger charge is -2.22. The van der Waals surface area contributed by atoms with Crippen LogP contribution in [-0.4, -0.2) is 23.2 Å². The highest BCUT2D eigenvalue weighted by molar-refractivity contribution is 5.78. The maximum absolute atomic E-state index is 11.0. The van der Waals surface area contributed by atoms with Gasteiger partial charge in [-0.15, -0.1) is 0 Å². The van der Waals surface area contributed by atoms with E-state index in [0.29, 0.717) is 25.9 Å². The molecule has 0 aliphatic rings. The van der Waals surface area contributed by atoms with Crippen LogP contribution in [0.15, 0.2) is 30.3 Å². The van der Waals surface area contributed by atoms with Gasteiger partial charge in [0.25, 0.3) is 0 Å². The minimum atomic E-state index is -1.12. The van der Waals surface area contributed by atoms with Gasteiger partial charge in [-0.25, -0.2) is 0 Å². The van der Waals surface area contributed by atoms with Crippen molar-refractivity contribution in [2.24, 2.45) is 5.73 Å². The fourth-order valence-corrected chi connectivity index (χ4v) is 1.53. The van der Waals surface area contributed by atoms with E-state index in [2.05, 4.69) is 0 Å². The molecule has 1 aromatic carbocycles. The third-order valence-electron chi connectivity index (χ3n) is 2.84. The number of benzene rings is 1. The largest absolute Gasteiger partial charge is 0.494 e. The second-order valence-corrected chi connectivity index (χ2v) is 4.08. The normalized spacial score (nSPS) is 14.0. The number of nitrogens with two attached hydrogens (primary N) is 1. The van der Waals surface area contributed by atoms with E-state index >= 15 is 0 Å². The van der Waals surface area contributed by atoms with Crippen LogP contribution in [0.1, 0.15) is 26.2 Å². The molecule has 0 aromatic heterocycles. The molecule has 0 amide bonds. The minimum absolute atomic E-state index is 0.422. The Labute approximate surface area is 101 Å². The molecule has 0 spiro atoms. The summed E-state index contributed by atoms with van der Waals surface area (Å²) >= 11 is 0. The van der Waals surface area contributed by atoms with Gasteiger partial charge in [0.05, 0.1) is 6.61 Å². The molecule has 17 heavy (non-hydrogen) atoms. The molecule has 0 bridgehead atoms. The van der Waals surface area contributed by atoms with E-state index in [1.165, 1.54) is 0 Å². The Morgan fingerprint density at radius 3 is 2.59 bits per heavy atom. The average molecular weight is 237 g/mol. The third kappa shape index (κ3) is 4.07. The van der Waals surface area contributed by atoms with E-state index in [1.54, 1.807) is 6.92 Å². The van der Waals surface area contributed by atoms with Gasteiger partial charge in [0.1, 0.15) is 11.3 Å². The smallest absolute Gasteiger partial charge is 0.323 e. The first-order valence-corrected chi connectivity index (χ1v) is 5.78. The number of hydrogen-bond donors (Lipinski definition) is 2. The van der Waals surface area contributed by atoms with Gasteiger partial charge < -0.3 is 15.6 Å². The lowest BCUT2D eigenvalue weighted by atomic mass is 9.92. The van der Waals surface area contributed by atoms with Gasteiger partial charge >= 0.3 is 5.97 Å². The van der Waals surface area contributed by atoms with Crippen molar-refractivity contribution < 1.29 is 14.6 Å². The van der Waals surface area contributed by atoms with Gasteiger partial charge in [0, 0.05) is 0 Å². The summed E-state index contributed by atoms with van der Waals surface area (Å²) in [5.41, 5.74) is 4.64. The molecule has 0 heterocycles. The van der Waals surface area contributed by atoms with Gasteiger partial charge in [-0.05, 0) is 31.4 Å². The van der Waals surface area contributed by atoms with Crippen molar-refractivity contribution in [1.82, 2.24) is 0 Å². The van der Waals surface area contributed by atoms with Crippen LogP contribution in [0.5, 0.6) is 5.75 Å². The first-order valence-electron chi connectivity index (χ1n) is 5.78. The minimum Gasteiger partial charge on any atom is -0.494 e. The lowest BCUT2D eigenvalue weighted by molar-refractivity contribution is -0.143. The first-order chi connectivity index (χ1) is 8.08. The van der Waals surface area contributed by atoms with Crippen molar-refractivity contribution in [2.45, 2.75) is 31.7 Å². The summed E-state index contributed by atoms with van der Waals surface area (Å²) in [6, 6.07) is 9.44. The molecule has 94 valence electrons. The van der Waals surface area contributed by atoms with Crippen LogP contribution < -0.4 is 10.5 Å². The number of ether oxygens (including phenoxy) is 1. The van der Waals surface area contributed by atoms with Crippen molar-refractivity contribution >= 4 is 5.97 Å². The van der Waals surface area contributed by atoms with Crippen molar-refractivity contribution in [3.05, 3.63) is 30.3 Å². The van der Waals surface area contributed by atoms with Gasteiger partial charge in [-0.3, -0.25) is 4.79 Å². The number of rotatable bonds is 7. The summed E-state index contributed by atoms with van der Waals surface area (Å²) in [7, 11) is 0. The molecule has 0 aliphatic heterocycles. The molecule has 1 unspecified atom stereocenters. The monoisotopic (exact) mass is 237 g/mol. The Morgan fingerprint density at radius 2 is 2.06 bits per heavy atom. The fourth-order valence-electron chi connectivity index (χ4n) is 1.53. The van der Waals surface area contributed by atoms with Gasteiger partial charge in [-0.2, -0.15) is 0 Å². The number of aliphatic carboxylic acids is 1. The summed E-state index contributed by atoms with van der Waals surface area (Å²) < 4.78 is 5.48. The number of carboxylic acid groups (broad SMARTS) is 1. The molecule has 1 atom stereocenters. The summed E-state index contributed by atoms with van der Waals surface area (Å²) in [6.07, 6.45) is 1.48. The Balaban J connectivity index is 2.31. The molecule has 1 aromatic rings. The summed E-state index contributed by atoms with van der Waals surface area (Å²) in [4.78, 5) is 11.0. The van der Waals surface area contributed by atoms with E-state index in [9.17, 15) is 4.79 Å². The number of carboxylic acids is 1. The Morgan fingerprint density at radius 1 is 1.41 bits per heavy atom. The average Bonchev–Trinajstić information content (AvgIpc) is 2.35. The van der Waals surface area contributed by atoms with E-state index in [-0.39, 0.29) is 0 Å². The quantitative estimate of drug-likeness (QED) is 0.712. The van der Waals surface area contributed by atoms with E-state index in [0.717, 1.165) is 5.75 Å². The van der Waals surface area contributed by atoms with E-state index in [1.807, 2.05) is 30.3 Å². The standard InChI is InChI=1S/C13H19NO3/c1-2-13(14,12(15)16)9-6-10-17-11-7-4-3-5-8-11/h3-5,7-8H,2,6,9-10,14H2,1H3,(H,15,16). The zero-order valence-electron chi connectivity index (χ0n) is 10.1. The zero-order chi connectivity index (χ0) is 12.7. The summed E-state index contributed by atoms with van der Waals surface area (Å²) in [5.74, 6) is -0.151. The molecular formula is C13H19NO3. The number of carbonyl (C=O) groups is 1. The maximum atomic E-state index is 11.0. The van der Waals surface area contributed by atoms with Crippen LogP contribution in [-0.2, 0) is 4.79 Å². The fraction of sp³-hybridized carbons (Fsp3) is 0.462. The maximum Gasteiger partial charge on any atom is 0.323 e. The molecule has 0 fully saturated rings. The van der Waals surface area contributed by atoms with Crippen molar-refractivity contribution in [3.8, 4) is 5.75 Å². The highest BCUT2D eigenvalue weighted by atomic mass is 16.5. The zero-order valence-corrected chi connectivity index (χ0v) is 10.1. The first kappa shape index (κ1) is 13.5. The third-order valence-corrected chi connectivity index (χ3v) is 2.84. The molecule has 1 rings (SSSR count). The van der Waals surface area contributed by atoms with Crippen molar-refractivity contribution in [1.29, 1.82) is 0 Å². The molecule has 4 heteroatoms. The highest BCUT2D eigenvalue weighted by Gasteiger charge is 2.30. The number of para-hydroxylation sites is 1. The molecule has 4 nitrogen and oxygen atoms in total. The molecule has 0 saturated carbocycles. The van der Waals surface area contributed by atoms with Crippen LogP contribution in [0.2, 0.25) is 0 Å². The van der Waals surface area contributed by atoms with E-state index in [4.69, 9.17) is 15.6 Å². The van der Waals surface area contributed by atoms with Crippen molar-refractivity contribution in [2.75, 3.05) is 6.61 Å². The lowest BCUT2D eigenvalue weighted by Crippen LogP contribution is -2.47. The predicted octanol–water partition coefficient (Wildman–Crippen LogP) is 2.04. The molecular weight excluding hydrogens is 218 g/mol. The summed E-state index contributed by atoms with van der Waals surface area (Å²) in [5, 5.41) is 8.98. The highest BCUT2D eigenvalue weighted by Crippen LogP contribution is 2.15. The molecule has 0 radical (unpaired) electrons. The van der Waals surface area contributed by atoms with Crippen LogP contribution >= 0.6 is 0 Å². The van der Waals surface area contributed by atoms with Crippen molar-refractivity contribution in [3.63, 3.8) is 0 Å². The Hall–Kier alpha value is -1.55. The summed E-state index contributed by atoms with van der Waals surface area (Å²) in [6.45, 7) is 2.27. The van der Waals surface area contributed by atoms with Crippen LogP contribution in [0.3, 0.4) is 0 Å². The number of hydrogen-bond acceptors (Lipinski definition) is 3. The Bertz CT molecular complexity index is 353.